The van der Waals surface area contributed by atoms with Crippen LogP contribution in [0, 0.1) is 0 Å². The molecule has 0 radical (unpaired) electrons. The van der Waals surface area contributed by atoms with Crippen LogP contribution in [0.4, 0.5) is 0 Å². The van der Waals surface area contributed by atoms with Crippen LogP contribution < -0.4 is 10.1 Å². The van der Waals surface area contributed by atoms with Crippen LogP contribution in [0.3, 0.4) is 0 Å². The highest BCUT2D eigenvalue weighted by molar-refractivity contribution is 5.88. The van der Waals surface area contributed by atoms with Gasteiger partial charge in [0.2, 0.25) is 0 Å². The number of aromatic carboxylic acids is 1. The summed E-state index contributed by atoms with van der Waals surface area (Å²) in [4.78, 5) is 27.0. The minimum absolute atomic E-state index is 0.212. The van der Waals surface area contributed by atoms with Gasteiger partial charge in [0.25, 0.3) is 0 Å². The molecule has 0 aromatic heterocycles. The summed E-state index contributed by atoms with van der Waals surface area (Å²) >= 11 is 0. The molecule has 0 aliphatic carbocycles. The van der Waals surface area contributed by atoms with Crippen LogP contribution in [0.5, 0.6) is 5.75 Å². The molecule has 218 valence electrons. The van der Waals surface area contributed by atoms with Crippen molar-refractivity contribution in [3.8, 4) is 5.75 Å². The first-order chi connectivity index (χ1) is 20.3. The minimum atomic E-state index is -1.25. The maximum atomic E-state index is 13.7. The number of carbonyl (C=O) groups is 2. The SMILES string of the molecule is CCCCOC(=O)C(NCC(=Cc1ccc(C(=O)O)cc1)COc1cccc2ccccc12)(c1ccccc1)N(C)C. The molecule has 0 amide bonds. The molecule has 4 rings (SSSR count). The van der Waals surface area contributed by atoms with Crippen LogP contribution in [0.25, 0.3) is 16.8 Å². The van der Waals surface area contributed by atoms with Gasteiger partial charge in [0.1, 0.15) is 12.4 Å². The molecule has 0 aliphatic heterocycles. The Hall–Kier alpha value is -4.46. The number of ether oxygens (including phenoxy) is 2. The highest BCUT2D eigenvalue weighted by Gasteiger charge is 2.44. The standard InChI is InChI=1S/C35H38N2O5/c1-4-5-22-41-34(40)35(37(2)3,30-14-7-6-8-15-30)36-24-27(23-26-18-20-29(21-19-26)33(38)39)25-42-32-17-11-13-28-12-9-10-16-31(28)32/h6-21,23,36H,4-5,22,24-25H2,1-3H3,(H,38,39). The molecule has 0 aliphatic rings. The fourth-order valence-electron chi connectivity index (χ4n) is 4.82. The molecule has 0 saturated carbocycles. The van der Waals surface area contributed by atoms with Crippen LogP contribution in [0.2, 0.25) is 0 Å². The zero-order valence-corrected chi connectivity index (χ0v) is 24.4. The van der Waals surface area contributed by atoms with E-state index in [2.05, 4.69) is 12.2 Å². The summed E-state index contributed by atoms with van der Waals surface area (Å²) in [5.41, 5.74) is 1.40. The zero-order valence-electron chi connectivity index (χ0n) is 24.4. The molecule has 0 fully saturated rings. The van der Waals surface area contributed by atoms with E-state index in [9.17, 15) is 14.7 Å². The Morgan fingerprint density at radius 2 is 1.60 bits per heavy atom. The van der Waals surface area contributed by atoms with Gasteiger partial charge in [0.15, 0.2) is 5.66 Å². The number of nitrogens with one attached hydrogen (secondary N) is 1. The van der Waals surface area contributed by atoms with Gasteiger partial charge in [-0.25, -0.2) is 9.59 Å². The maximum Gasteiger partial charge on any atom is 0.346 e. The Labute approximate surface area is 247 Å². The number of rotatable bonds is 14. The second kappa shape index (κ2) is 14.4. The number of esters is 1. The summed E-state index contributed by atoms with van der Waals surface area (Å²) in [6.07, 6.45) is 3.65. The average molecular weight is 567 g/mol. The van der Waals surface area contributed by atoms with Crippen LogP contribution in [-0.4, -0.2) is 55.8 Å². The third-order valence-electron chi connectivity index (χ3n) is 7.15. The molecule has 1 unspecified atom stereocenters. The first kappa shape index (κ1) is 30.5. The van der Waals surface area contributed by atoms with Crippen LogP contribution >= 0.6 is 0 Å². The van der Waals surface area contributed by atoms with Crippen molar-refractivity contribution in [1.29, 1.82) is 0 Å². The molecular weight excluding hydrogens is 528 g/mol. The largest absolute Gasteiger partial charge is 0.489 e. The Morgan fingerprint density at radius 1 is 0.905 bits per heavy atom. The fourth-order valence-corrected chi connectivity index (χ4v) is 4.82. The molecule has 7 heteroatoms. The second-order valence-corrected chi connectivity index (χ2v) is 10.3. The summed E-state index contributed by atoms with van der Waals surface area (Å²) in [5.74, 6) is -0.611. The number of benzene rings is 4. The van der Waals surface area contributed by atoms with Gasteiger partial charge in [-0.15, -0.1) is 0 Å². The molecule has 42 heavy (non-hydrogen) atoms. The summed E-state index contributed by atoms with van der Waals surface area (Å²) in [7, 11) is 3.70. The van der Waals surface area contributed by atoms with Gasteiger partial charge in [-0.2, -0.15) is 0 Å². The number of unbranched alkanes of at least 4 members (excludes halogenated alkanes) is 1. The van der Waals surface area contributed by atoms with Crippen molar-refractivity contribution < 1.29 is 24.2 Å². The number of fused-ring (bicyclic) bond motifs is 1. The van der Waals surface area contributed by atoms with E-state index in [0.29, 0.717) is 13.2 Å². The van der Waals surface area contributed by atoms with Gasteiger partial charge < -0.3 is 14.6 Å². The van der Waals surface area contributed by atoms with Crippen LogP contribution in [0.15, 0.2) is 103 Å². The normalized spacial score (nSPS) is 13.1. The number of hydrogen-bond donors (Lipinski definition) is 2. The molecule has 4 aromatic carbocycles. The van der Waals surface area contributed by atoms with Crippen molar-refractivity contribution in [1.82, 2.24) is 10.2 Å². The van der Waals surface area contributed by atoms with Crippen molar-refractivity contribution in [2.24, 2.45) is 0 Å². The Kier molecular flexibility index (Phi) is 10.5. The molecule has 0 heterocycles. The number of nitrogens with zero attached hydrogens (tertiary/aromatic N) is 1. The lowest BCUT2D eigenvalue weighted by molar-refractivity contribution is -0.160. The molecule has 7 nitrogen and oxygen atoms in total. The van der Waals surface area contributed by atoms with E-state index in [1.54, 1.807) is 24.3 Å². The molecule has 0 bridgehead atoms. The minimum Gasteiger partial charge on any atom is -0.489 e. The molecular formula is C35H38N2O5. The zero-order chi connectivity index (χ0) is 30.0. The van der Waals surface area contributed by atoms with Crippen molar-refractivity contribution in [2.45, 2.75) is 25.4 Å². The van der Waals surface area contributed by atoms with Crippen molar-refractivity contribution >= 4 is 28.8 Å². The first-order valence-corrected chi connectivity index (χ1v) is 14.1. The van der Waals surface area contributed by atoms with Crippen LogP contribution in [0.1, 0.15) is 41.3 Å². The smallest absolute Gasteiger partial charge is 0.346 e. The summed E-state index contributed by atoms with van der Waals surface area (Å²) < 4.78 is 12.1. The molecule has 2 N–H and O–H groups in total. The maximum absolute atomic E-state index is 13.7. The summed E-state index contributed by atoms with van der Waals surface area (Å²) in [6, 6.07) is 30.2. The van der Waals surface area contributed by atoms with Gasteiger partial charge in [0, 0.05) is 11.9 Å². The van der Waals surface area contributed by atoms with Crippen molar-refractivity contribution in [2.75, 3.05) is 33.9 Å². The lowest BCUT2D eigenvalue weighted by atomic mass is 9.97. The monoisotopic (exact) mass is 566 g/mol. The van der Waals surface area contributed by atoms with E-state index >= 15 is 0 Å². The quantitative estimate of drug-likeness (QED) is 0.105. The number of carboxylic acids is 1. The predicted octanol–water partition coefficient (Wildman–Crippen LogP) is 6.35. The van der Waals surface area contributed by atoms with Gasteiger partial charge in [-0.3, -0.25) is 10.2 Å². The third-order valence-corrected chi connectivity index (χ3v) is 7.15. The summed E-state index contributed by atoms with van der Waals surface area (Å²) in [6.45, 7) is 2.92. The van der Waals surface area contributed by atoms with Gasteiger partial charge >= 0.3 is 11.9 Å². The third kappa shape index (κ3) is 7.24. The van der Waals surface area contributed by atoms with Crippen LogP contribution in [-0.2, 0) is 15.2 Å². The van der Waals surface area contributed by atoms with E-state index in [-0.39, 0.29) is 18.1 Å². The van der Waals surface area contributed by atoms with E-state index < -0.39 is 11.6 Å². The average Bonchev–Trinajstić information content (AvgIpc) is 3.00. The fraction of sp³-hybridized carbons (Fsp3) is 0.257. The van der Waals surface area contributed by atoms with Gasteiger partial charge in [-0.1, -0.05) is 98.3 Å². The Balaban J connectivity index is 1.68. The molecule has 0 spiro atoms. The lowest BCUT2D eigenvalue weighted by Gasteiger charge is -2.39. The number of likely N-dealkylation sites (N-methyl/N-ethyl adjacent to an activating group) is 1. The van der Waals surface area contributed by atoms with E-state index in [4.69, 9.17) is 9.47 Å². The molecule has 0 saturated heterocycles. The lowest BCUT2D eigenvalue weighted by Crippen LogP contribution is -2.60. The van der Waals surface area contributed by atoms with Gasteiger partial charge in [0.05, 0.1) is 12.2 Å². The number of carbonyl (C=O) groups excluding carboxylic acids is 1. The van der Waals surface area contributed by atoms with E-state index in [1.165, 1.54) is 0 Å². The molecule has 4 aromatic rings. The van der Waals surface area contributed by atoms with Crippen molar-refractivity contribution in [3.05, 3.63) is 119 Å². The number of hydrogen-bond acceptors (Lipinski definition) is 6. The van der Waals surface area contributed by atoms with Gasteiger partial charge in [-0.05, 0) is 60.8 Å². The number of carboxylic acid groups (broad SMARTS) is 1. The molecule has 1 atom stereocenters. The highest BCUT2D eigenvalue weighted by Crippen LogP contribution is 2.28. The predicted molar refractivity (Wildman–Crippen MR) is 166 cm³/mol. The Bertz CT molecular complexity index is 1510. The first-order valence-electron chi connectivity index (χ1n) is 14.1. The van der Waals surface area contributed by atoms with E-state index in [0.717, 1.165) is 46.1 Å². The Morgan fingerprint density at radius 3 is 2.29 bits per heavy atom. The second-order valence-electron chi connectivity index (χ2n) is 10.3. The summed E-state index contributed by atoms with van der Waals surface area (Å²) in [5, 5.41) is 14.9. The topological polar surface area (TPSA) is 88.1 Å². The van der Waals surface area contributed by atoms with E-state index in [1.807, 2.05) is 97.9 Å². The highest BCUT2D eigenvalue weighted by atomic mass is 16.5. The van der Waals surface area contributed by atoms with Crippen molar-refractivity contribution in [3.63, 3.8) is 0 Å².